The van der Waals surface area contributed by atoms with Crippen LogP contribution in [0.2, 0.25) is 0 Å². The summed E-state index contributed by atoms with van der Waals surface area (Å²) in [6.07, 6.45) is 0.874. The summed E-state index contributed by atoms with van der Waals surface area (Å²) in [5.74, 6) is -0.383. The Balaban J connectivity index is 2.13. The van der Waals surface area contributed by atoms with Gasteiger partial charge < -0.3 is 5.73 Å². The van der Waals surface area contributed by atoms with E-state index in [0.717, 1.165) is 6.42 Å². The molecule has 0 radical (unpaired) electrons. The zero-order valence-corrected chi connectivity index (χ0v) is 9.81. The molecule has 0 bridgehead atoms. The van der Waals surface area contributed by atoms with Crippen molar-refractivity contribution in [1.82, 2.24) is 0 Å². The molecule has 0 aliphatic carbocycles. The molecule has 2 aromatic carbocycles. The predicted octanol–water partition coefficient (Wildman–Crippen LogP) is 2.68. The Morgan fingerprint density at radius 2 is 1.41 bits per heavy atom. The molecule has 0 saturated heterocycles. The summed E-state index contributed by atoms with van der Waals surface area (Å²) in [7, 11) is 0. The normalized spacial score (nSPS) is 10.2. The van der Waals surface area contributed by atoms with Crippen LogP contribution in [0.1, 0.15) is 27.0 Å². The molecule has 2 nitrogen and oxygen atoms in total. The van der Waals surface area contributed by atoms with Gasteiger partial charge in [-0.1, -0.05) is 42.0 Å². The van der Waals surface area contributed by atoms with Crippen LogP contribution in [0.25, 0.3) is 0 Å². The van der Waals surface area contributed by atoms with E-state index >= 15 is 0 Å². The minimum Gasteiger partial charge on any atom is -0.366 e. The highest BCUT2D eigenvalue weighted by Gasteiger charge is 2.00. The first-order valence-electron chi connectivity index (χ1n) is 5.59. The fraction of sp³-hybridized carbons (Fsp3) is 0.133. The van der Waals surface area contributed by atoms with Crippen molar-refractivity contribution < 1.29 is 4.79 Å². The van der Waals surface area contributed by atoms with Gasteiger partial charge in [0.1, 0.15) is 0 Å². The van der Waals surface area contributed by atoms with Gasteiger partial charge in [-0.3, -0.25) is 4.79 Å². The number of benzene rings is 2. The Morgan fingerprint density at radius 1 is 0.941 bits per heavy atom. The third kappa shape index (κ3) is 2.94. The molecule has 0 unspecified atom stereocenters. The molecule has 2 N–H and O–H groups in total. The van der Waals surface area contributed by atoms with Gasteiger partial charge in [0.15, 0.2) is 0 Å². The second-order valence-electron chi connectivity index (χ2n) is 4.22. The standard InChI is InChI=1S/C15H15NO/c1-11-2-4-12(5-3-11)10-13-6-8-14(9-7-13)15(16)17/h2-9H,10H2,1H3,(H2,16,17). The maximum absolute atomic E-state index is 10.9. The zero-order valence-electron chi connectivity index (χ0n) is 9.81. The Bertz CT molecular complexity index is 512. The zero-order chi connectivity index (χ0) is 12.3. The van der Waals surface area contributed by atoms with E-state index in [2.05, 4.69) is 31.2 Å². The smallest absolute Gasteiger partial charge is 0.248 e. The number of carbonyl (C=O) groups excluding carboxylic acids is 1. The van der Waals surface area contributed by atoms with Gasteiger partial charge in [0.25, 0.3) is 0 Å². The quantitative estimate of drug-likeness (QED) is 0.857. The summed E-state index contributed by atoms with van der Waals surface area (Å²) < 4.78 is 0. The van der Waals surface area contributed by atoms with Crippen molar-refractivity contribution in [1.29, 1.82) is 0 Å². The summed E-state index contributed by atoms with van der Waals surface area (Å²) in [5.41, 5.74) is 9.45. The Kier molecular flexibility index (Phi) is 3.24. The predicted molar refractivity (Wildman–Crippen MR) is 68.9 cm³/mol. The van der Waals surface area contributed by atoms with E-state index in [1.165, 1.54) is 16.7 Å². The molecule has 0 aliphatic heterocycles. The molecule has 0 saturated carbocycles. The van der Waals surface area contributed by atoms with E-state index in [9.17, 15) is 4.79 Å². The van der Waals surface area contributed by atoms with Gasteiger partial charge in [-0.15, -0.1) is 0 Å². The molecule has 0 atom stereocenters. The van der Waals surface area contributed by atoms with Crippen molar-refractivity contribution in [3.8, 4) is 0 Å². The van der Waals surface area contributed by atoms with Crippen LogP contribution in [-0.2, 0) is 6.42 Å². The van der Waals surface area contributed by atoms with Gasteiger partial charge in [-0.2, -0.15) is 0 Å². The average Bonchev–Trinajstić information content (AvgIpc) is 2.33. The minimum atomic E-state index is -0.383. The van der Waals surface area contributed by atoms with Crippen molar-refractivity contribution in [3.05, 3.63) is 70.8 Å². The van der Waals surface area contributed by atoms with Crippen LogP contribution < -0.4 is 5.73 Å². The second-order valence-corrected chi connectivity index (χ2v) is 4.22. The number of amides is 1. The number of rotatable bonds is 3. The van der Waals surface area contributed by atoms with Crippen molar-refractivity contribution in [2.24, 2.45) is 5.73 Å². The fourth-order valence-electron chi connectivity index (χ4n) is 1.73. The molecular formula is C15H15NO. The first kappa shape index (κ1) is 11.4. The number of primary amides is 1. The lowest BCUT2D eigenvalue weighted by Gasteiger charge is -2.03. The van der Waals surface area contributed by atoms with E-state index in [1.54, 1.807) is 12.1 Å². The third-order valence-corrected chi connectivity index (χ3v) is 2.77. The molecule has 1 amide bonds. The van der Waals surface area contributed by atoms with Crippen LogP contribution in [-0.4, -0.2) is 5.91 Å². The first-order valence-corrected chi connectivity index (χ1v) is 5.59. The van der Waals surface area contributed by atoms with Crippen molar-refractivity contribution >= 4 is 5.91 Å². The van der Waals surface area contributed by atoms with Crippen LogP contribution in [0.3, 0.4) is 0 Å². The number of carbonyl (C=O) groups is 1. The van der Waals surface area contributed by atoms with E-state index in [1.807, 2.05) is 12.1 Å². The Hall–Kier alpha value is -2.09. The highest BCUT2D eigenvalue weighted by atomic mass is 16.1. The van der Waals surface area contributed by atoms with Crippen molar-refractivity contribution in [2.45, 2.75) is 13.3 Å². The van der Waals surface area contributed by atoms with E-state index in [0.29, 0.717) is 5.56 Å². The molecule has 2 aromatic rings. The van der Waals surface area contributed by atoms with E-state index < -0.39 is 0 Å². The second kappa shape index (κ2) is 4.83. The summed E-state index contributed by atoms with van der Waals surface area (Å²) in [5, 5.41) is 0. The Morgan fingerprint density at radius 3 is 1.88 bits per heavy atom. The molecule has 2 heteroatoms. The largest absolute Gasteiger partial charge is 0.366 e. The van der Waals surface area contributed by atoms with Gasteiger partial charge in [0.2, 0.25) is 5.91 Å². The van der Waals surface area contributed by atoms with Gasteiger partial charge in [0.05, 0.1) is 0 Å². The number of hydrogen-bond donors (Lipinski definition) is 1. The lowest BCUT2D eigenvalue weighted by atomic mass is 10.0. The van der Waals surface area contributed by atoms with Gasteiger partial charge in [-0.05, 0) is 36.6 Å². The monoisotopic (exact) mass is 225 g/mol. The summed E-state index contributed by atoms with van der Waals surface area (Å²) in [4.78, 5) is 10.9. The highest BCUT2D eigenvalue weighted by molar-refractivity contribution is 5.92. The van der Waals surface area contributed by atoms with Crippen LogP contribution in [0.15, 0.2) is 48.5 Å². The van der Waals surface area contributed by atoms with Crippen LogP contribution in [0.4, 0.5) is 0 Å². The van der Waals surface area contributed by atoms with Gasteiger partial charge in [0, 0.05) is 5.56 Å². The number of nitrogens with two attached hydrogens (primary N) is 1. The number of aryl methyl sites for hydroxylation is 1. The first-order chi connectivity index (χ1) is 8.15. The van der Waals surface area contributed by atoms with Gasteiger partial charge in [-0.25, -0.2) is 0 Å². The van der Waals surface area contributed by atoms with E-state index in [-0.39, 0.29) is 5.91 Å². The van der Waals surface area contributed by atoms with Crippen LogP contribution in [0.5, 0.6) is 0 Å². The topological polar surface area (TPSA) is 43.1 Å². The van der Waals surface area contributed by atoms with Crippen molar-refractivity contribution in [2.75, 3.05) is 0 Å². The third-order valence-electron chi connectivity index (χ3n) is 2.77. The fourth-order valence-corrected chi connectivity index (χ4v) is 1.73. The van der Waals surface area contributed by atoms with E-state index in [4.69, 9.17) is 5.73 Å². The molecule has 0 fully saturated rings. The Labute approximate surface area is 101 Å². The molecule has 0 heterocycles. The molecule has 86 valence electrons. The summed E-state index contributed by atoms with van der Waals surface area (Å²) >= 11 is 0. The number of hydrogen-bond acceptors (Lipinski definition) is 1. The average molecular weight is 225 g/mol. The molecule has 0 aromatic heterocycles. The summed E-state index contributed by atoms with van der Waals surface area (Å²) in [6, 6.07) is 15.9. The van der Waals surface area contributed by atoms with Gasteiger partial charge >= 0.3 is 0 Å². The SMILES string of the molecule is Cc1ccc(Cc2ccc(C(N)=O)cc2)cc1. The lowest BCUT2D eigenvalue weighted by Crippen LogP contribution is -2.10. The van der Waals surface area contributed by atoms with Crippen LogP contribution >= 0.6 is 0 Å². The summed E-state index contributed by atoms with van der Waals surface area (Å²) in [6.45, 7) is 2.07. The molecule has 2 rings (SSSR count). The maximum Gasteiger partial charge on any atom is 0.248 e. The highest BCUT2D eigenvalue weighted by Crippen LogP contribution is 2.11. The molecule has 0 aliphatic rings. The maximum atomic E-state index is 10.9. The molecule has 0 spiro atoms. The lowest BCUT2D eigenvalue weighted by molar-refractivity contribution is 0.100. The minimum absolute atomic E-state index is 0.383. The van der Waals surface area contributed by atoms with Crippen molar-refractivity contribution in [3.63, 3.8) is 0 Å². The van der Waals surface area contributed by atoms with Crippen LogP contribution in [0, 0.1) is 6.92 Å². The molecule has 17 heavy (non-hydrogen) atoms. The molecular weight excluding hydrogens is 210 g/mol.